The van der Waals surface area contributed by atoms with Crippen LogP contribution in [0.4, 0.5) is 13.2 Å². The molecule has 1 aromatic carbocycles. The minimum absolute atomic E-state index is 0.0727. The third-order valence-corrected chi connectivity index (χ3v) is 4.41. The zero-order chi connectivity index (χ0) is 17.0. The highest BCUT2D eigenvalue weighted by Crippen LogP contribution is 2.29. The van der Waals surface area contributed by atoms with Gasteiger partial charge in [-0.1, -0.05) is 12.1 Å². The Bertz CT molecular complexity index is 522. The topological polar surface area (TPSA) is 23.6 Å². The molecule has 1 saturated heterocycles. The lowest BCUT2D eigenvalue weighted by Gasteiger charge is -2.29. The van der Waals surface area contributed by atoms with Gasteiger partial charge in [-0.25, -0.2) is 0 Å². The van der Waals surface area contributed by atoms with Crippen molar-refractivity contribution in [2.75, 3.05) is 26.7 Å². The molecule has 0 bridgehead atoms. The molecule has 0 aliphatic carbocycles. The Labute approximate surface area is 135 Å². The number of benzene rings is 1. The van der Waals surface area contributed by atoms with Crippen molar-refractivity contribution in [3.63, 3.8) is 0 Å². The number of carbonyl (C=O) groups excluding carboxylic acids is 1. The number of alkyl halides is 3. The summed E-state index contributed by atoms with van der Waals surface area (Å²) < 4.78 is 37.6. The van der Waals surface area contributed by atoms with Crippen LogP contribution < -0.4 is 0 Å². The van der Waals surface area contributed by atoms with Crippen LogP contribution >= 0.6 is 0 Å². The van der Waals surface area contributed by atoms with Crippen molar-refractivity contribution >= 4 is 5.91 Å². The number of likely N-dealkylation sites (tertiary alicyclic amines) is 1. The second-order valence-electron chi connectivity index (χ2n) is 6.23. The Balaban J connectivity index is 1.89. The molecule has 23 heavy (non-hydrogen) atoms. The monoisotopic (exact) mass is 328 g/mol. The highest BCUT2D eigenvalue weighted by molar-refractivity contribution is 5.78. The average molecular weight is 328 g/mol. The summed E-state index contributed by atoms with van der Waals surface area (Å²) in [5, 5.41) is 0. The van der Waals surface area contributed by atoms with Crippen molar-refractivity contribution in [2.45, 2.75) is 38.4 Å². The minimum atomic E-state index is -4.34. The van der Waals surface area contributed by atoms with E-state index in [0.29, 0.717) is 5.56 Å². The molecular weight excluding hydrogens is 305 g/mol. The van der Waals surface area contributed by atoms with Crippen LogP contribution in [0.15, 0.2) is 24.3 Å². The van der Waals surface area contributed by atoms with E-state index < -0.39 is 11.7 Å². The molecule has 1 aliphatic heterocycles. The molecule has 0 saturated carbocycles. The predicted molar refractivity (Wildman–Crippen MR) is 83.1 cm³/mol. The lowest BCUT2D eigenvalue weighted by Crippen LogP contribution is -2.43. The SMILES string of the molecule is CC(CN1CCCC1)N(C)C(=O)Cc1ccc(C(F)(F)F)cc1. The quantitative estimate of drug-likeness (QED) is 0.829. The van der Waals surface area contributed by atoms with Crippen molar-refractivity contribution in [1.29, 1.82) is 0 Å². The molecule has 1 aromatic rings. The number of halogens is 3. The van der Waals surface area contributed by atoms with Crippen LogP contribution in [0.25, 0.3) is 0 Å². The molecule has 0 aromatic heterocycles. The first-order chi connectivity index (χ1) is 10.8. The second kappa shape index (κ2) is 7.34. The molecule has 128 valence electrons. The van der Waals surface area contributed by atoms with Gasteiger partial charge in [0.2, 0.25) is 5.91 Å². The minimum Gasteiger partial charge on any atom is -0.341 e. The lowest BCUT2D eigenvalue weighted by atomic mass is 10.1. The van der Waals surface area contributed by atoms with Crippen molar-refractivity contribution in [1.82, 2.24) is 9.80 Å². The molecule has 1 heterocycles. The Morgan fingerprint density at radius 1 is 1.22 bits per heavy atom. The zero-order valence-corrected chi connectivity index (χ0v) is 13.6. The van der Waals surface area contributed by atoms with E-state index in [1.165, 1.54) is 25.0 Å². The van der Waals surface area contributed by atoms with Crippen molar-refractivity contribution in [3.05, 3.63) is 35.4 Å². The third kappa shape index (κ3) is 4.96. The van der Waals surface area contributed by atoms with Crippen molar-refractivity contribution in [2.24, 2.45) is 0 Å². The first-order valence-electron chi connectivity index (χ1n) is 7.91. The van der Waals surface area contributed by atoms with Crippen molar-refractivity contribution in [3.8, 4) is 0 Å². The molecule has 0 N–H and O–H groups in total. The van der Waals surface area contributed by atoms with Gasteiger partial charge in [0.15, 0.2) is 0 Å². The summed E-state index contributed by atoms with van der Waals surface area (Å²) in [6, 6.07) is 4.89. The Morgan fingerprint density at radius 3 is 2.30 bits per heavy atom. The van der Waals surface area contributed by atoms with Crippen molar-refractivity contribution < 1.29 is 18.0 Å². The molecule has 3 nitrogen and oxygen atoms in total. The number of rotatable bonds is 5. The molecule has 1 unspecified atom stereocenters. The molecule has 2 rings (SSSR count). The Morgan fingerprint density at radius 2 is 1.78 bits per heavy atom. The number of carbonyl (C=O) groups is 1. The standard InChI is InChI=1S/C17H23F3N2O/c1-13(12-22-9-3-4-10-22)21(2)16(23)11-14-5-7-15(8-6-14)17(18,19)20/h5-8,13H,3-4,9-12H2,1-2H3. The van der Waals surface area contributed by atoms with Gasteiger partial charge in [0.05, 0.1) is 12.0 Å². The molecule has 1 aliphatic rings. The fourth-order valence-corrected chi connectivity index (χ4v) is 2.82. The summed E-state index contributed by atoms with van der Waals surface area (Å²) in [5.41, 5.74) is -0.0901. The molecule has 1 atom stereocenters. The van der Waals surface area contributed by atoms with Crippen LogP contribution in [-0.4, -0.2) is 48.4 Å². The Kier molecular flexibility index (Phi) is 5.68. The first-order valence-corrected chi connectivity index (χ1v) is 7.91. The molecular formula is C17H23F3N2O. The van der Waals surface area contributed by atoms with E-state index in [4.69, 9.17) is 0 Å². The number of nitrogens with zero attached hydrogens (tertiary/aromatic N) is 2. The van der Waals surface area contributed by atoms with Gasteiger partial charge in [-0.3, -0.25) is 4.79 Å². The van der Waals surface area contributed by atoms with Gasteiger partial charge in [0.1, 0.15) is 0 Å². The van der Waals surface area contributed by atoms with Gasteiger partial charge < -0.3 is 9.80 Å². The summed E-state index contributed by atoms with van der Waals surface area (Å²) in [5.74, 6) is -0.0727. The number of hydrogen-bond acceptors (Lipinski definition) is 2. The summed E-state index contributed by atoms with van der Waals surface area (Å²) in [4.78, 5) is 16.3. The van der Waals surface area contributed by atoms with Gasteiger partial charge in [0.25, 0.3) is 0 Å². The third-order valence-electron chi connectivity index (χ3n) is 4.41. The first kappa shape index (κ1) is 17.8. The summed E-state index contributed by atoms with van der Waals surface area (Å²) in [6.07, 6.45) is -1.81. The summed E-state index contributed by atoms with van der Waals surface area (Å²) >= 11 is 0. The second-order valence-corrected chi connectivity index (χ2v) is 6.23. The summed E-state index contributed by atoms with van der Waals surface area (Å²) in [7, 11) is 1.76. The normalized spacial score (nSPS) is 17.3. The Hall–Kier alpha value is -1.56. The molecule has 1 fully saturated rings. The van der Waals surface area contributed by atoms with E-state index in [1.54, 1.807) is 11.9 Å². The van der Waals surface area contributed by atoms with Gasteiger partial charge in [-0.2, -0.15) is 13.2 Å². The average Bonchev–Trinajstić information content (AvgIpc) is 2.98. The largest absolute Gasteiger partial charge is 0.416 e. The fourth-order valence-electron chi connectivity index (χ4n) is 2.82. The molecule has 6 heteroatoms. The van der Waals surface area contributed by atoms with E-state index >= 15 is 0 Å². The van der Waals surface area contributed by atoms with E-state index in [-0.39, 0.29) is 18.4 Å². The van der Waals surface area contributed by atoms with Crippen LogP contribution in [0.3, 0.4) is 0 Å². The zero-order valence-electron chi connectivity index (χ0n) is 13.6. The van der Waals surface area contributed by atoms with E-state index in [1.807, 2.05) is 6.92 Å². The van der Waals surface area contributed by atoms with E-state index in [9.17, 15) is 18.0 Å². The number of hydrogen-bond donors (Lipinski definition) is 0. The number of amides is 1. The van der Waals surface area contributed by atoms with E-state index in [0.717, 1.165) is 31.8 Å². The smallest absolute Gasteiger partial charge is 0.341 e. The molecule has 1 amide bonds. The van der Waals surface area contributed by atoms with Gasteiger partial charge >= 0.3 is 6.18 Å². The van der Waals surface area contributed by atoms with Gasteiger partial charge in [-0.15, -0.1) is 0 Å². The molecule has 0 spiro atoms. The predicted octanol–water partition coefficient (Wildman–Crippen LogP) is 3.19. The maximum Gasteiger partial charge on any atom is 0.416 e. The van der Waals surface area contributed by atoms with E-state index in [2.05, 4.69) is 4.90 Å². The molecule has 0 radical (unpaired) electrons. The number of likely N-dealkylation sites (N-methyl/N-ethyl adjacent to an activating group) is 1. The van der Waals surface area contributed by atoms with Crippen LogP contribution in [0.1, 0.15) is 30.9 Å². The summed E-state index contributed by atoms with van der Waals surface area (Å²) in [6.45, 7) is 4.99. The highest BCUT2D eigenvalue weighted by atomic mass is 19.4. The van der Waals surface area contributed by atoms with Crippen LogP contribution in [0, 0.1) is 0 Å². The maximum atomic E-state index is 12.5. The lowest BCUT2D eigenvalue weighted by molar-refractivity contribution is -0.137. The maximum absolute atomic E-state index is 12.5. The van der Waals surface area contributed by atoms with Gasteiger partial charge in [-0.05, 0) is 50.6 Å². The van der Waals surface area contributed by atoms with Crippen LogP contribution in [-0.2, 0) is 17.4 Å². The fraction of sp³-hybridized carbons (Fsp3) is 0.588. The van der Waals surface area contributed by atoms with Crippen LogP contribution in [0.2, 0.25) is 0 Å². The van der Waals surface area contributed by atoms with Gasteiger partial charge in [0, 0.05) is 19.6 Å². The van der Waals surface area contributed by atoms with Crippen LogP contribution in [0.5, 0.6) is 0 Å². The highest BCUT2D eigenvalue weighted by Gasteiger charge is 2.30.